The average Bonchev–Trinajstić information content (AvgIpc) is 2.47. The highest BCUT2D eigenvalue weighted by Gasteiger charge is 2.10. The highest BCUT2D eigenvalue weighted by molar-refractivity contribution is 7.89. The molecule has 0 saturated heterocycles. The van der Waals surface area contributed by atoms with Crippen molar-refractivity contribution in [2.45, 2.75) is 11.3 Å². The summed E-state index contributed by atoms with van der Waals surface area (Å²) in [5.41, 5.74) is 1.26. The molecule has 2 rings (SSSR count). The number of sulfonamides is 1. The SMILES string of the molecule is COc1ccccc1CC(=O)Nc1ccc(S(N)(=O)=O)cc1. The van der Waals surface area contributed by atoms with Crippen LogP contribution in [-0.2, 0) is 21.2 Å². The standard InChI is InChI=1S/C15H16N2O4S/c1-21-14-5-3-2-4-11(14)10-15(18)17-12-6-8-13(9-7-12)22(16,19)20/h2-9H,10H2,1H3,(H,17,18)(H2,16,19,20). The zero-order chi connectivity index (χ0) is 16.2. The number of anilines is 1. The van der Waals surface area contributed by atoms with Crippen LogP contribution in [0.3, 0.4) is 0 Å². The third-order valence-electron chi connectivity index (χ3n) is 3.01. The summed E-state index contributed by atoms with van der Waals surface area (Å²) < 4.78 is 27.5. The maximum absolute atomic E-state index is 12.0. The highest BCUT2D eigenvalue weighted by atomic mass is 32.2. The number of ether oxygens (including phenoxy) is 1. The maximum Gasteiger partial charge on any atom is 0.238 e. The van der Waals surface area contributed by atoms with E-state index in [0.29, 0.717) is 11.4 Å². The first-order valence-corrected chi connectivity index (χ1v) is 7.99. The summed E-state index contributed by atoms with van der Waals surface area (Å²) in [6.45, 7) is 0. The number of para-hydroxylation sites is 1. The van der Waals surface area contributed by atoms with Crippen LogP contribution in [0.25, 0.3) is 0 Å². The summed E-state index contributed by atoms with van der Waals surface area (Å²) >= 11 is 0. The minimum absolute atomic E-state index is 0.00442. The molecule has 0 aliphatic rings. The normalized spacial score (nSPS) is 11.0. The fourth-order valence-corrected chi connectivity index (χ4v) is 2.47. The van der Waals surface area contributed by atoms with Gasteiger partial charge in [0.2, 0.25) is 15.9 Å². The van der Waals surface area contributed by atoms with Crippen molar-refractivity contribution in [3.05, 3.63) is 54.1 Å². The Balaban J connectivity index is 2.06. The molecule has 0 spiro atoms. The van der Waals surface area contributed by atoms with E-state index in [4.69, 9.17) is 9.88 Å². The number of methoxy groups -OCH3 is 1. The van der Waals surface area contributed by atoms with Crippen molar-refractivity contribution in [3.8, 4) is 5.75 Å². The van der Waals surface area contributed by atoms with Crippen LogP contribution in [-0.4, -0.2) is 21.4 Å². The summed E-state index contributed by atoms with van der Waals surface area (Å²) in [4.78, 5) is 12.0. The average molecular weight is 320 g/mol. The molecule has 2 aromatic carbocycles. The van der Waals surface area contributed by atoms with Crippen molar-refractivity contribution in [2.24, 2.45) is 5.14 Å². The Bertz CT molecular complexity index is 770. The van der Waals surface area contributed by atoms with E-state index in [1.165, 1.54) is 24.3 Å². The van der Waals surface area contributed by atoms with E-state index < -0.39 is 10.0 Å². The number of nitrogens with two attached hydrogens (primary N) is 1. The van der Waals surface area contributed by atoms with Gasteiger partial charge in [-0.25, -0.2) is 13.6 Å². The lowest BCUT2D eigenvalue weighted by Crippen LogP contribution is -2.15. The molecule has 0 bridgehead atoms. The van der Waals surface area contributed by atoms with Gasteiger partial charge in [0.25, 0.3) is 0 Å². The third-order valence-corrected chi connectivity index (χ3v) is 3.94. The molecule has 22 heavy (non-hydrogen) atoms. The minimum atomic E-state index is -3.73. The van der Waals surface area contributed by atoms with Crippen LogP contribution in [0.5, 0.6) is 5.75 Å². The monoisotopic (exact) mass is 320 g/mol. The van der Waals surface area contributed by atoms with Crippen molar-refractivity contribution in [3.63, 3.8) is 0 Å². The number of primary sulfonamides is 1. The van der Waals surface area contributed by atoms with E-state index in [-0.39, 0.29) is 17.2 Å². The van der Waals surface area contributed by atoms with Crippen LogP contribution < -0.4 is 15.2 Å². The molecule has 0 aromatic heterocycles. The zero-order valence-electron chi connectivity index (χ0n) is 11.9. The summed E-state index contributed by atoms with van der Waals surface area (Å²) in [6, 6.07) is 12.9. The first kappa shape index (κ1) is 16.0. The van der Waals surface area contributed by atoms with E-state index in [0.717, 1.165) is 5.56 Å². The second-order valence-electron chi connectivity index (χ2n) is 4.61. The van der Waals surface area contributed by atoms with Crippen LogP contribution in [0.2, 0.25) is 0 Å². The number of hydrogen-bond donors (Lipinski definition) is 2. The van der Waals surface area contributed by atoms with Gasteiger partial charge in [0.1, 0.15) is 5.75 Å². The van der Waals surface area contributed by atoms with Gasteiger partial charge in [-0.1, -0.05) is 18.2 Å². The molecule has 3 N–H and O–H groups in total. The highest BCUT2D eigenvalue weighted by Crippen LogP contribution is 2.19. The predicted molar refractivity (Wildman–Crippen MR) is 83.1 cm³/mol. The summed E-state index contributed by atoms with van der Waals surface area (Å²) in [5, 5.41) is 7.70. The first-order valence-electron chi connectivity index (χ1n) is 6.45. The van der Waals surface area contributed by atoms with E-state index in [1.807, 2.05) is 18.2 Å². The smallest absolute Gasteiger partial charge is 0.238 e. The summed E-state index contributed by atoms with van der Waals surface area (Å²) in [7, 11) is -2.19. The van der Waals surface area contributed by atoms with Gasteiger partial charge in [-0.2, -0.15) is 0 Å². The fraction of sp³-hybridized carbons (Fsp3) is 0.133. The molecule has 1 amide bonds. The van der Waals surface area contributed by atoms with Crippen LogP contribution in [0.1, 0.15) is 5.56 Å². The lowest BCUT2D eigenvalue weighted by Gasteiger charge is -2.09. The lowest BCUT2D eigenvalue weighted by atomic mass is 10.1. The Hall–Kier alpha value is -2.38. The van der Waals surface area contributed by atoms with Gasteiger partial charge >= 0.3 is 0 Å². The zero-order valence-corrected chi connectivity index (χ0v) is 12.8. The van der Waals surface area contributed by atoms with Crippen LogP contribution >= 0.6 is 0 Å². The number of rotatable bonds is 5. The second-order valence-corrected chi connectivity index (χ2v) is 6.17. The van der Waals surface area contributed by atoms with Gasteiger partial charge in [0.15, 0.2) is 0 Å². The summed E-state index contributed by atoms with van der Waals surface area (Å²) in [6.07, 6.45) is 0.154. The van der Waals surface area contributed by atoms with Crippen molar-refractivity contribution in [1.82, 2.24) is 0 Å². The van der Waals surface area contributed by atoms with E-state index in [1.54, 1.807) is 13.2 Å². The Kier molecular flexibility index (Phi) is 4.79. The Morgan fingerprint density at radius 1 is 1.14 bits per heavy atom. The molecule has 0 radical (unpaired) electrons. The molecular formula is C15H16N2O4S. The van der Waals surface area contributed by atoms with Gasteiger partial charge in [-0.15, -0.1) is 0 Å². The van der Waals surface area contributed by atoms with Gasteiger partial charge in [-0.05, 0) is 30.3 Å². The van der Waals surface area contributed by atoms with E-state index >= 15 is 0 Å². The van der Waals surface area contributed by atoms with Gasteiger partial charge < -0.3 is 10.1 Å². The van der Waals surface area contributed by atoms with Gasteiger partial charge in [0.05, 0.1) is 18.4 Å². The largest absolute Gasteiger partial charge is 0.496 e. The number of hydrogen-bond acceptors (Lipinski definition) is 4. The maximum atomic E-state index is 12.0. The molecule has 0 atom stereocenters. The number of carbonyl (C=O) groups is 1. The molecule has 0 saturated carbocycles. The number of carbonyl (C=O) groups excluding carboxylic acids is 1. The lowest BCUT2D eigenvalue weighted by molar-refractivity contribution is -0.115. The molecule has 0 fully saturated rings. The van der Waals surface area contributed by atoms with Crippen molar-refractivity contribution in [1.29, 1.82) is 0 Å². The molecule has 116 valence electrons. The van der Waals surface area contributed by atoms with Gasteiger partial charge in [-0.3, -0.25) is 4.79 Å². The number of benzene rings is 2. The molecule has 0 aliphatic carbocycles. The van der Waals surface area contributed by atoms with Crippen molar-refractivity contribution in [2.75, 3.05) is 12.4 Å². The van der Waals surface area contributed by atoms with E-state index in [9.17, 15) is 13.2 Å². The van der Waals surface area contributed by atoms with E-state index in [2.05, 4.69) is 5.32 Å². The number of nitrogens with one attached hydrogen (secondary N) is 1. The number of amides is 1. The van der Waals surface area contributed by atoms with Crippen molar-refractivity contribution >= 4 is 21.6 Å². The third kappa shape index (κ3) is 4.06. The Morgan fingerprint density at radius 2 is 1.77 bits per heavy atom. The Morgan fingerprint density at radius 3 is 2.36 bits per heavy atom. The molecule has 7 heteroatoms. The molecule has 0 unspecified atom stereocenters. The molecule has 0 heterocycles. The molecule has 0 aliphatic heterocycles. The van der Waals surface area contributed by atoms with Crippen LogP contribution in [0, 0.1) is 0 Å². The summed E-state index contributed by atoms with van der Waals surface area (Å²) in [5.74, 6) is 0.412. The van der Waals surface area contributed by atoms with Crippen LogP contribution in [0.15, 0.2) is 53.4 Å². The Labute approximate surface area is 129 Å². The predicted octanol–water partition coefficient (Wildman–Crippen LogP) is 1.52. The topological polar surface area (TPSA) is 98.5 Å². The second kappa shape index (κ2) is 6.59. The van der Waals surface area contributed by atoms with Crippen molar-refractivity contribution < 1.29 is 17.9 Å². The van der Waals surface area contributed by atoms with Gasteiger partial charge in [0, 0.05) is 11.3 Å². The fourth-order valence-electron chi connectivity index (χ4n) is 1.96. The minimum Gasteiger partial charge on any atom is -0.496 e. The van der Waals surface area contributed by atoms with Crippen LogP contribution in [0.4, 0.5) is 5.69 Å². The quantitative estimate of drug-likeness (QED) is 0.872. The molecule has 2 aromatic rings. The molecule has 6 nitrogen and oxygen atoms in total. The molecular weight excluding hydrogens is 304 g/mol. The first-order chi connectivity index (χ1) is 10.4.